The van der Waals surface area contributed by atoms with E-state index in [2.05, 4.69) is 19.2 Å². The van der Waals surface area contributed by atoms with Gasteiger partial charge in [-0.05, 0) is 39.7 Å². The Morgan fingerprint density at radius 3 is 2.50 bits per heavy atom. The SMILES string of the molecule is CCOC(C)C(NC)C1CCC1. The lowest BCUT2D eigenvalue weighted by Gasteiger charge is -2.36. The van der Waals surface area contributed by atoms with Crippen molar-refractivity contribution in [3.05, 3.63) is 0 Å². The van der Waals surface area contributed by atoms with Crippen LogP contribution in [0.15, 0.2) is 0 Å². The molecule has 0 aromatic heterocycles. The highest BCUT2D eigenvalue weighted by atomic mass is 16.5. The van der Waals surface area contributed by atoms with Crippen LogP contribution in [0.5, 0.6) is 0 Å². The fourth-order valence-electron chi connectivity index (χ4n) is 2.02. The highest BCUT2D eigenvalue weighted by molar-refractivity contribution is 4.85. The molecule has 1 saturated carbocycles. The Balaban J connectivity index is 2.31. The van der Waals surface area contributed by atoms with E-state index in [9.17, 15) is 0 Å². The molecule has 0 bridgehead atoms. The second-order valence-electron chi connectivity index (χ2n) is 3.67. The van der Waals surface area contributed by atoms with Crippen molar-refractivity contribution in [1.29, 1.82) is 0 Å². The number of rotatable bonds is 5. The molecule has 1 N–H and O–H groups in total. The van der Waals surface area contributed by atoms with Gasteiger partial charge in [0.1, 0.15) is 0 Å². The molecule has 0 saturated heterocycles. The quantitative estimate of drug-likeness (QED) is 0.681. The number of ether oxygens (including phenoxy) is 1. The Hall–Kier alpha value is -0.0800. The summed E-state index contributed by atoms with van der Waals surface area (Å²) in [5.41, 5.74) is 0. The molecule has 2 unspecified atom stereocenters. The van der Waals surface area contributed by atoms with Crippen molar-refractivity contribution in [2.75, 3.05) is 13.7 Å². The molecule has 1 fully saturated rings. The fraction of sp³-hybridized carbons (Fsp3) is 1.00. The normalized spacial score (nSPS) is 23.2. The van der Waals surface area contributed by atoms with Crippen LogP contribution in [0.25, 0.3) is 0 Å². The minimum absolute atomic E-state index is 0.366. The van der Waals surface area contributed by atoms with Crippen LogP contribution in [0.1, 0.15) is 33.1 Å². The van der Waals surface area contributed by atoms with E-state index >= 15 is 0 Å². The van der Waals surface area contributed by atoms with Crippen LogP contribution in [0, 0.1) is 5.92 Å². The van der Waals surface area contributed by atoms with Gasteiger partial charge in [0, 0.05) is 12.6 Å². The molecule has 0 aromatic rings. The van der Waals surface area contributed by atoms with E-state index in [0.29, 0.717) is 12.1 Å². The summed E-state index contributed by atoms with van der Waals surface area (Å²) in [5.74, 6) is 0.858. The lowest BCUT2D eigenvalue weighted by molar-refractivity contribution is 0.0184. The third kappa shape index (κ3) is 2.20. The van der Waals surface area contributed by atoms with Crippen LogP contribution in [0.3, 0.4) is 0 Å². The molecule has 2 nitrogen and oxygen atoms in total. The van der Waals surface area contributed by atoms with Crippen LogP contribution >= 0.6 is 0 Å². The van der Waals surface area contributed by atoms with E-state index in [4.69, 9.17) is 4.74 Å². The standard InChI is InChI=1S/C10H21NO/c1-4-12-8(2)10(11-3)9-6-5-7-9/h8-11H,4-7H2,1-3H3. The maximum atomic E-state index is 5.59. The minimum Gasteiger partial charge on any atom is -0.377 e. The summed E-state index contributed by atoms with van der Waals surface area (Å²) in [6.07, 6.45) is 4.53. The van der Waals surface area contributed by atoms with Crippen molar-refractivity contribution >= 4 is 0 Å². The highest BCUT2D eigenvalue weighted by Crippen LogP contribution is 2.31. The first-order chi connectivity index (χ1) is 5.79. The Labute approximate surface area is 75.7 Å². The maximum absolute atomic E-state index is 5.59. The summed E-state index contributed by atoms with van der Waals surface area (Å²) in [6.45, 7) is 5.05. The van der Waals surface area contributed by atoms with E-state index in [1.165, 1.54) is 19.3 Å². The van der Waals surface area contributed by atoms with Gasteiger partial charge in [-0.3, -0.25) is 0 Å². The van der Waals surface area contributed by atoms with Gasteiger partial charge in [-0.15, -0.1) is 0 Å². The molecule has 2 heteroatoms. The zero-order valence-electron chi connectivity index (χ0n) is 8.47. The Kier molecular flexibility index (Phi) is 4.02. The van der Waals surface area contributed by atoms with Gasteiger partial charge in [0.25, 0.3) is 0 Å². The second kappa shape index (κ2) is 4.83. The average molecular weight is 171 g/mol. The van der Waals surface area contributed by atoms with Crippen molar-refractivity contribution in [1.82, 2.24) is 5.32 Å². The monoisotopic (exact) mass is 171 g/mol. The predicted molar refractivity (Wildman–Crippen MR) is 51.3 cm³/mol. The molecule has 1 aliphatic carbocycles. The molecular weight excluding hydrogens is 150 g/mol. The molecule has 12 heavy (non-hydrogen) atoms. The summed E-state index contributed by atoms with van der Waals surface area (Å²) < 4.78 is 5.59. The molecule has 0 aliphatic heterocycles. The van der Waals surface area contributed by atoms with Gasteiger partial charge in [0.2, 0.25) is 0 Å². The molecule has 0 amide bonds. The van der Waals surface area contributed by atoms with E-state index in [1.54, 1.807) is 0 Å². The average Bonchev–Trinajstić information content (AvgIpc) is 1.96. The van der Waals surface area contributed by atoms with Crippen LogP contribution in [-0.4, -0.2) is 25.8 Å². The topological polar surface area (TPSA) is 21.3 Å². The Bertz CT molecular complexity index is 123. The molecule has 0 spiro atoms. The third-order valence-electron chi connectivity index (χ3n) is 2.93. The molecule has 72 valence electrons. The van der Waals surface area contributed by atoms with Crippen molar-refractivity contribution in [3.8, 4) is 0 Å². The molecule has 1 rings (SSSR count). The lowest BCUT2D eigenvalue weighted by atomic mass is 9.78. The van der Waals surface area contributed by atoms with Crippen molar-refractivity contribution < 1.29 is 4.74 Å². The van der Waals surface area contributed by atoms with Crippen LogP contribution in [0.4, 0.5) is 0 Å². The smallest absolute Gasteiger partial charge is 0.0702 e. The van der Waals surface area contributed by atoms with Gasteiger partial charge in [0.15, 0.2) is 0 Å². The zero-order valence-corrected chi connectivity index (χ0v) is 8.47. The third-order valence-corrected chi connectivity index (χ3v) is 2.93. The molecule has 0 aromatic carbocycles. The van der Waals surface area contributed by atoms with Crippen molar-refractivity contribution in [2.24, 2.45) is 5.92 Å². The molecule has 0 radical (unpaired) electrons. The molecule has 1 aliphatic rings. The van der Waals surface area contributed by atoms with E-state index in [0.717, 1.165) is 12.5 Å². The number of nitrogens with one attached hydrogen (secondary N) is 1. The van der Waals surface area contributed by atoms with E-state index in [-0.39, 0.29) is 0 Å². The summed E-state index contributed by atoms with van der Waals surface area (Å²) in [6, 6.07) is 0.568. The molecular formula is C10H21NO. The van der Waals surface area contributed by atoms with Gasteiger partial charge < -0.3 is 10.1 Å². The Morgan fingerprint density at radius 1 is 1.50 bits per heavy atom. The summed E-state index contributed by atoms with van der Waals surface area (Å²) >= 11 is 0. The number of likely N-dealkylation sites (N-methyl/N-ethyl adjacent to an activating group) is 1. The van der Waals surface area contributed by atoms with Crippen LogP contribution in [-0.2, 0) is 4.74 Å². The lowest BCUT2D eigenvalue weighted by Crippen LogP contribution is -2.46. The van der Waals surface area contributed by atoms with Crippen molar-refractivity contribution in [2.45, 2.75) is 45.3 Å². The first-order valence-corrected chi connectivity index (χ1v) is 5.08. The number of hydrogen-bond donors (Lipinski definition) is 1. The van der Waals surface area contributed by atoms with Gasteiger partial charge in [0.05, 0.1) is 6.10 Å². The predicted octanol–water partition coefficient (Wildman–Crippen LogP) is 1.80. The fourth-order valence-corrected chi connectivity index (χ4v) is 2.02. The minimum atomic E-state index is 0.366. The van der Waals surface area contributed by atoms with Gasteiger partial charge in [-0.2, -0.15) is 0 Å². The maximum Gasteiger partial charge on any atom is 0.0702 e. The molecule has 2 atom stereocenters. The Morgan fingerprint density at radius 2 is 2.17 bits per heavy atom. The summed E-state index contributed by atoms with van der Waals surface area (Å²) in [5, 5.41) is 3.36. The zero-order chi connectivity index (χ0) is 8.97. The largest absolute Gasteiger partial charge is 0.377 e. The van der Waals surface area contributed by atoms with Crippen molar-refractivity contribution in [3.63, 3.8) is 0 Å². The first kappa shape index (κ1) is 10.0. The van der Waals surface area contributed by atoms with E-state index < -0.39 is 0 Å². The summed E-state index contributed by atoms with van der Waals surface area (Å²) in [4.78, 5) is 0. The second-order valence-corrected chi connectivity index (χ2v) is 3.67. The number of hydrogen-bond acceptors (Lipinski definition) is 2. The summed E-state index contributed by atoms with van der Waals surface area (Å²) in [7, 11) is 2.04. The van der Waals surface area contributed by atoms with Gasteiger partial charge >= 0.3 is 0 Å². The first-order valence-electron chi connectivity index (χ1n) is 5.08. The highest BCUT2D eigenvalue weighted by Gasteiger charge is 2.30. The van der Waals surface area contributed by atoms with Crippen LogP contribution < -0.4 is 5.32 Å². The van der Waals surface area contributed by atoms with Gasteiger partial charge in [-0.1, -0.05) is 6.42 Å². The van der Waals surface area contributed by atoms with Crippen LogP contribution in [0.2, 0.25) is 0 Å². The van der Waals surface area contributed by atoms with Gasteiger partial charge in [-0.25, -0.2) is 0 Å². The molecule has 0 heterocycles. The van der Waals surface area contributed by atoms with E-state index in [1.807, 2.05) is 7.05 Å².